The molecule has 0 aliphatic rings. The number of rotatable bonds is 7. The molecule has 0 aliphatic heterocycles. The van der Waals surface area contributed by atoms with Crippen molar-refractivity contribution in [2.75, 3.05) is 17.2 Å². The zero-order chi connectivity index (χ0) is 20.3. The number of aromatic hydroxyl groups is 1. The van der Waals surface area contributed by atoms with Gasteiger partial charge in [0.05, 0.1) is 11.7 Å². The first kappa shape index (κ1) is 18.0. The Morgan fingerprint density at radius 1 is 1.00 bits per heavy atom. The molecule has 5 N–H and O–H groups in total. The van der Waals surface area contributed by atoms with Gasteiger partial charge >= 0.3 is 0 Å². The van der Waals surface area contributed by atoms with Crippen LogP contribution in [0.25, 0.3) is 21.8 Å². The fraction of sp³-hybridized carbons (Fsp3) is 0.136. The predicted octanol–water partition coefficient (Wildman–Crippen LogP) is 3.81. The van der Waals surface area contributed by atoms with Crippen LogP contribution in [0.4, 0.5) is 11.8 Å². The summed E-state index contributed by atoms with van der Waals surface area (Å²) < 4.78 is 0. The van der Waals surface area contributed by atoms with Crippen molar-refractivity contribution >= 4 is 33.6 Å². The Morgan fingerprint density at radius 3 is 2.90 bits per heavy atom. The van der Waals surface area contributed by atoms with Crippen LogP contribution in [0.3, 0.4) is 0 Å². The van der Waals surface area contributed by atoms with E-state index in [1.807, 2.05) is 30.6 Å². The first-order valence-corrected chi connectivity index (χ1v) is 9.76. The van der Waals surface area contributed by atoms with Crippen LogP contribution in [0, 0.1) is 0 Å². The van der Waals surface area contributed by atoms with Crippen LogP contribution in [0.2, 0.25) is 0 Å². The van der Waals surface area contributed by atoms with Crippen LogP contribution in [-0.2, 0) is 13.0 Å². The molecular formula is C22H21N7O. The fourth-order valence-electron chi connectivity index (χ4n) is 3.52. The molecule has 0 unspecified atom stereocenters. The van der Waals surface area contributed by atoms with Gasteiger partial charge in [-0.05, 0) is 53.9 Å². The van der Waals surface area contributed by atoms with E-state index in [1.54, 1.807) is 18.3 Å². The lowest BCUT2D eigenvalue weighted by Gasteiger charge is -2.09. The third-order valence-corrected chi connectivity index (χ3v) is 5.06. The Labute approximate surface area is 172 Å². The molecule has 3 aromatic heterocycles. The molecule has 0 aliphatic carbocycles. The molecular weight excluding hydrogens is 378 g/mol. The molecule has 0 fully saturated rings. The number of phenolic OH excluding ortho intramolecular Hbond substituents is 1. The van der Waals surface area contributed by atoms with E-state index in [0.29, 0.717) is 19.0 Å². The number of benzene rings is 2. The highest BCUT2D eigenvalue weighted by Crippen LogP contribution is 2.23. The Morgan fingerprint density at radius 2 is 1.93 bits per heavy atom. The Kier molecular flexibility index (Phi) is 4.65. The molecule has 0 radical (unpaired) electrons. The second-order valence-corrected chi connectivity index (χ2v) is 7.13. The third kappa shape index (κ3) is 3.75. The van der Waals surface area contributed by atoms with E-state index in [-0.39, 0.29) is 5.75 Å². The van der Waals surface area contributed by atoms with Crippen molar-refractivity contribution in [2.24, 2.45) is 0 Å². The highest BCUT2D eigenvalue weighted by molar-refractivity contribution is 5.84. The minimum atomic E-state index is 0.269. The monoisotopic (exact) mass is 399 g/mol. The maximum Gasteiger partial charge on any atom is 0.224 e. The van der Waals surface area contributed by atoms with Gasteiger partial charge in [-0.15, -0.1) is 0 Å². The predicted molar refractivity (Wildman–Crippen MR) is 118 cm³/mol. The lowest BCUT2D eigenvalue weighted by molar-refractivity contribution is 0.476. The SMILES string of the molecule is Oc1ccc2[nH]cc(CCNc3nccc(NCc4ccc5[nH]ncc5c4)n3)c2c1. The summed E-state index contributed by atoms with van der Waals surface area (Å²) in [5.74, 6) is 1.61. The van der Waals surface area contributed by atoms with Crippen molar-refractivity contribution in [2.45, 2.75) is 13.0 Å². The molecule has 0 atom stereocenters. The third-order valence-electron chi connectivity index (χ3n) is 5.06. The van der Waals surface area contributed by atoms with Gasteiger partial charge in [0.1, 0.15) is 11.6 Å². The van der Waals surface area contributed by atoms with Crippen LogP contribution >= 0.6 is 0 Å². The largest absolute Gasteiger partial charge is 0.508 e. The number of nitrogens with zero attached hydrogens (tertiary/aromatic N) is 3. The first-order valence-electron chi connectivity index (χ1n) is 9.76. The first-order chi connectivity index (χ1) is 14.7. The van der Waals surface area contributed by atoms with Crippen LogP contribution in [-0.4, -0.2) is 36.8 Å². The average molecular weight is 399 g/mol. The smallest absolute Gasteiger partial charge is 0.224 e. The molecule has 150 valence electrons. The van der Waals surface area contributed by atoms with Crippen molar-refractivity contribution in [1.82, 2.24) is 25.1 Å². The summed E-state index contributed by atoms with van der Waals surface area (Å²) in [5, 5.41) is 25.5. The van der Waals surface area contributed by atoms with E-state index in [2.05, 4.69) is 47.9 Å². The van der Waals surface area contributed by atoms with Gasteiger partial charge in [0.15, 0.2) is 0 Å². The van der Waals surface area contributed by atoms with Gasteiger partial charge in [-0.2, -0.15) is 10.1 Å². The average Bonchev–Trinajstić information content (AvgIpc) is 3.39. The van der Waals surface area contributed by atoms with Crippen LogP contribution in [0.1, 0.15) is 11.1 Å². The van der Waals surface area contributed by atoms with Crippen molar-refractivity contribution in [3.8, 4) is 5.75 Å². The molecule has 0 saturated carbocycles. The minimum Gasteiger partial charge on any atom is -0.508 e. The number of anilines is 2. The highest BCUT2D eigenvalue weighted by Gasteiger charge is 2.06. The van der Waals surface area contributed by atoms with E-state index in [1.165, 1.54) is 0 Å². The van der Waals surface area contributed by atoms with Crippen molar-refractivity contribution in [1.29, 1.82) is 0 Å². The molecule has 30 heavy (non-hydrogen) atoms. The van der Waals surface area contributed by atoms with Crippen molar-refractivity contribution in [3.63, 3.8) is 0 Å². The fourth-order valence-corrected chi connectivity index (χ4v) is 3.52. The maximum absolute atomic E-state index is 9.72. The van der Waals surface area contributed by atoms with Gasteiger partial charge in [-0.3, -0.25) is 5.10 Å². The lowest BCUT2D eigenvalue weighted by Crippen LogP contribution is -2.09. The molecule has 5 rings (SSSR count). The molecule has 0 saturated heterocycles. The van der Waals surface area contributed by atoms with E-state index in [0.717, 1.165) is 45.2 Å². The number of nitrogens with one attached hydrogen (secondary N) is 4. The number of hydrogen-bond donors (Lipinski definition) is 5. The van der Waals surface area contributed by atoms with Crippen molar-refractivity contribution < 1.29 is 5.11 Å². The molecule has 0 spiro atoms. The van der Waals surface area contributed by atoms with Gasteiger partial charge in [0.25, 0.3) is 0 Å². The number of hydrogen-bond acceptors (Lipinski definition) is 6. The molecule has 2 aromatic carbocycles. The van der Waals surface area contributed by atoms with E-state index >= 15 is 0 Å². The zero-order valence-electron chi connectivity index (χ0n) is 16.2. The Hall–Kier alpha value is -4.07. The number of aromatic amines is 2. The number of H-pyrrole nitrogens is 2. The van der Waals surface area contributed by atoms with Gasteiger partial charge in [0, 0.05) is 41.8 Å². The summed E-state index contributed by atoms with van der Waals surface area (Å²) in [6.45, 7) is 1.35. The lowest BCUT2D eigenvalue weighted by atomic mass is 10.1. The van der Waals surface area contributed by atoms with Crippen LogP contribution in [0.15, 0.2) is 61.1 Å². The summed E-state index contributed by atoms with van der Waals surface area (Å²) in [4.78, 5) is 12.1. The summed E-state index contributed by atoms with van der Waals surface area (Å²) in [7, 11) is 0. The van der Waals surface area contributed by atoms with Gasteiger partial charge in [0.2, 0.25) is 5.95 Å². The normalized spacial score (nSPS) is 11.2. The van der Waals surface area contributed by atoms with Crippen LogP contribution in [0.5, 0.6) is 5.75 Å². The van der Waals surface area contributed by atoms with Crippen molar-refractivity contribution in [3.05, 3.63) is 72.2 Å². The minimum absolute atomic E-state index is 0.269. The number of fused-ring (bicyclic) bond motifs is 2. The topological polar surface area (TPSA) is 115 Å². The van der Waals surface area contributed by atoms with Gasteiger partial charge in [-0.25, -0.2) is 4.98 Å². The van der Waals surface area contributed by atoms with E-state index < -0.39 is 0 Å². The second kappa shape index (κ2) is 7.75. The standard InChI is InChI=1S/C22H21N7O/c30-17-2-4-20-18(10-17)15(12-25-20)5-7-23-22-24-8-6-21(28-22)26-11-14-1-3-19-16(9-14)13-27-29-19/h1-4,6,8-10,12-13,25,30H,5,7,11H2,(H,27,29)(H2,23,24,26,28). The van der Waals surface area contributed by atoms with Gasteiger partial charge in [-0.1, -0.05) is 6.07 Å². The maximum atomic E-state index is 9.72. The second-order valence-electron chi connectivity index (χ2n) is 7.13. The quantitative estimate of drug-likeness (QED) is 0.284. The molecule has 0 amide bonds. The van der Waals surface area contributed by atoms with E-state index in [9.17, 15) is 5.11 Å². The Balaban J connectivity index is 1.19. The summed E-state index contributed by atoms with van der Waals surface area (Å²) in [5.41, 5.74) is 4.33. The molecule has 3 heterocycles. The Bertz CT molecular complexity index is 1310. The van der Waals surface area contributed by atoms with Gasteiger partial charge < -0.3 is 20.7 Å². The summed E-state index contributed by atoms with van der Waals surface area (Å²) in [6.07, 6.45) is 6.32. The summed E-state index contributed by atoms with van der Waals surface area (Å²) in [6, 6.07) is 13.4. The molecule has 5 aromatic rings. The number of aromatic nitrogens is 5. The molecule has 8 nitrogen and oxygen atoms in total. The van der Waals surface area contributed by atoms with Crippen LogP contribution < -0.4 is 10.6 Å². The zero-order valence-corrected chi connectivity index (χ0v) is 16.2. The highest BCUT2D eigenvalue weighted by atomic mass is 16.3. The molecule has 8 heteroatoms. The molecule has 0 bridgehead atoms. The van der Waals surface area contributed by atoms with E-state index in [4.69, 9.17) is 0 Å². The number of phenols is 1. The summed E-state index contributed by atoms with van der Waals surface area (Å²) >= 11 is 0.